The summed E-state index contributed by atoms with van der Waals surface area (Å²) >= 11 is 0. The van der Waals surface area contributed by atoms with Crippen molar-refractivity contribution >= 4 is 11.4 Å². The Labute approximate surface area is 318 Å². The minimum Gasteiger partial charge on any atom is -0.250 e. The molecule has 0 atom stereocenters. The summed E-state index contributed by atoms with van der Waals surface area (Å²) in [4.78, 5) is 52.9. The van der Waals surface area contributed by atoms with Crippen molar-refractivity contribution in [3.8, 4) is 59.2 Å². The summed E-state index contributed by atoms with van der Waals surface area (Å²) < 4.78 is 0. The first kappa shape index (κ1) is 35.0. The second-order valence-corrected chi connectivity index (χ2v) is 11.2. The van der Waals surface area contributed by atoms with Crippen LogP contribution in [0.3, 0.4) is 0 Å². The van der Waals surface area contributed by atoms with Gasteiger partial charge < -0.3 is 0 Å². The van der Waals surface area contributed by atoms with Crippen LogP contribution in [-0.4, -0.2) is 15.0 Å². The van der Waals surface area contributed by atoms with Crippen molar-refractivity contribution in [1.29, 1.82) is 31.6 Å². The molecule has 0 radical (unpaired) electrons. The van der Waals surface area contributed by atoms with E-state index in [0.29, 0.717) is 5.36 Å². The predicted molar refractivity (Wildman–Crippen MR) is 186 cm³/mol. The van der Waals surface area contributed by atoms with Crippen molar-refractivity contribution in [2.24, 2.45) is 30.0 Å². The summed E-state index contributed by atoms with van der Waals surface area (Å²) in [5.74, 6) is -1.33. The first-order chi connectivity index (χ1) is 27.7. The zero-order valence-corrected chi connectivity index (χ0v) is 28.3. The van der Waals surface area contributed by atoms with Gasteiger partial charge in [-0.2, -0.15) is 26.3 Å². The highest BCUT2D eigenvalue weighted by Crippen LogP contribution is 2.29. The van der Waals surface area contributed by atoms with Gasteiger partial charge in [0.15, 0.2) is 34.9 Å². The Kier molecular flexibility index (Phi) is 8.36. The highest BCUT2D eigenvalue weighted by Gasteiger charge is 2.27. The summed E-state index contributed by atoms with van der Waals surface area (Å²) in [6.07, 6.45) is 0. The van der Waals surface area contributed by atoms with Gasteiger partial charge in [-0.05, 0) is 31.2 Å². The molecule has 0 N–H and O–H groups in total. The standard InChI is InChI=1S/C38H7N19/c1-16(45-2)33-49-24-8-6-17(20(11-40)27(24)51-33)34-55-35(18-7-9-25-28(21(18)12-41)52-36(50-25)26(15-44)46-3)57-38(56-34)32(48-5)37-53-30-23(14-43)19(10-39)22(13-42)29(47-4)31(30)54-37/h6-9H,1H3/b33-16-,36-26+,37-32-. The van der Waals surface area contributed by atoms with E-state index >= 15 is 0 Å². The van der Waals surface area contributed by atoms with Crippen LogP contribution in [0, 0.1) is 94.3 Å². The molecule has 3 aromatic carbocycles. The summed E-state index contributed by atoms with van der Waals surface area (Å²) in [6.45, 7) is 32.1. The Bertz CT molecular complexity index is 3560. The van der Waals surface area contributed by atoms with Gasteiger partial charge in [-0.3, -0.25) is 4.99 Å². The van der Waals surface area contributed by atoms with Crippen LogP contribution < -0.4 is 32.1 Å². The lowest BCUT2D eigenvalue weighted by Crippen LogP contribution is -2.28. The Morgan fingerprint density at radius 2 is 1.05 bits per heavy atom. The van der Waals surface area contributed by atoms with E-state index in [9.17, 15) is 31.6 Å². The van der Waals surface area contributed by atoms with Gasteiger partial charge in [0.05, 0.1) is 87.7 Å². The minimum absolute atomic E-state index is 0.00682. The minimum atomic E-state index is -0.453. The first-order valence-electron chi connectivity index (χ1n) is 15.5. The van der Waals surface area contributed by atoms with Gasteiger partial charge in [-0.25, -0.2) is 64.6 Å². The van der Waals surface area contributed by atoms with Crippen molar-refractivity contribution in [3.05, 3.63) is 165 Å². The van der Waals surface area contributed by atoms with E-state index in [2.05, 4.69) is 70.4 Å². The quantitative estimate of drug-likeness (QED) is 0.219. The molecule has 0 fully saturated rings. The summed E-state index contributed by atoms with van der Waals surface area (Å²) in [7, 11) is 0. The van der Waals surface area contributed by atoms with Crippen LogP contribution in [0.5, 0.6) is 0 Å². The van der Waals surface area contributed by atoms with E-state index in [4.69, 9.17) is 26.3 Å². The molecular formula is C38H7N19. The van der Waals surface area contributed by atoms with Gasteiger partial charge in [-0.1, -0.05) is 0 Å². The van der Waals surface area contributed by atoms with E-state index in [1.807, 2.05) is 12.1 Å². The van der Waals surface area contributed by atoms with Crippen molar-refractivity contribution in [1.82, 2.24) is 15.0 Å². The Balaban J connectivity index is 1.59. The molecule has 0 spiro atoms. The predicted octanol–water partition coefficient (Wildman–Crippen LogP) is 1.84. The van der Waals surface area contributed by atoms with Crippen molar-refractivity contribution in [3.63, 3.8) is 0 Å². The van der Waals surface area contributed by atoms with Crippen LogP contribution in [0.1, 0.15) is 40.6 Å². The molecule has 0 saturated carbocycles. The lowest BCUT2D eigenvalue weighted by atomic mass is 10.0. The molecule has 0 bridgehead atoms. The fraction of sp³-hybridized carbons (Fsp3) is 0.0263. The third kappa shape index (κ3) is 5.32. The number of benzene rings is 3. The number of nitrogens with zero attached hydrogens (tertiary/aromatic N) is 19. The molecule has 4 aromatic rings. The van der Waals surface area contributed by atoms with Crippen molar-refractivity contribution in [2.45, 2.75) is 6.92 Å². The summed E-state index contributed by atoms with van der Waals surface area (Å²) in [6, 6.07) is 17.1. The maximum absolute atomic E-state index is 10.4. The van der Waals surface area contributed by atoms with Gasteiger partial charge >= 0.3 is 5.70 Å². The van der Waals surface area contributed by atoms with Crippen molar-refractivity contribution < 1.29 is 0 Å². The van der Waals surface area contributed by atoms with E-state index in [1.165, 1.54) is 31.2 Å². The molecule has 1 aromatic heterocycles. The third-order valence-electron chi connectivity index (χ3n) is 8.30. The van der Waals surface area contributed by atoms with Gasteiger partial charge in [0.2, 0.25) is 11.4 Å². The number of rotatable bonds is 3. The van der Waals surface area contributed by atoms with Gasteiger partial charge in [0.1, 0.15) is 35.0 Å². The normalized spacial score (nSPS) is 14.6. The van der Waals surface area contributed by atoms with E-state index < -0.39 is 34.2 Å². The third-order valence-corrected chi connectivity index (χ3v) is 8.30. The Hall–Kier alpha value is -10.4. The molecule has 3 aliphatic heterocycles. The number of nitriles is 6. The van der Waals surface area contributed by atoms with Crippen LogP contribution in [0.25, 0.3) is 47.9 Å². The number of fused-ring (bicyclic) bond motifs is 3. The van der Waals surface area contributed by atoms with Gasteiger partial charge in [0.25, 0.3) is 5.70 Å². The van der Waals surface area contributed by atoms with Crippen LogP contribution in [0.4, 0.5) is 5.69 Å². The smallest absolute Gasteiger partial charge is 0.250 e. The highest BCUT2D eigenvalue weighted by atomic mass is 15.1. The number of hydrogen-bond donors (Lipinski definition) is 0. The maximum Gasteiger partial charge on any atom is 0.305 e. The summed E-state index contributed by atoms with van der Waals surface area (Å²) in [5, 5.41) is 59.8. The number of hydrogen-bond acceptors (Lipinski definition) is 15. The van der Waals surface area contributed by atoms with Crippen LogP contribution in [0.2, 0.25) is 0 Å². The molecule has 19 nitrogen and oxygen atoms in total. The molecule has 19 heteroatoms. The Morgan fingerprint density at radius 3 is 1.54 bits per heavy atom. The molecule has 0 saturated heterocycles. The second kappa shape index (κ2) is 13.6. The lowest BCUT2D eigenvalue weighted by molar-refractivity contribution is 1.02. The highest BCUT2D eigenvalue weighted by molar-refractivity contribution is 5.76. The zero-order chi connectivity index (χ0) is 40.5. The lowest BCUT2D eigenvalue weighted by Gasteiger charge is -2.10. The van der Waals surface area contributed by atoms with Gasteiger partial charge in [-0.15, -0.1) is 0 Å². The van der Waals surface area contributed by atoms with Crippen LogP contribution in [-0.2, 0) is 0 Å². The molecular weight excluding hydrogens is 723 g/mol. The van der Waals surface area contributed by atoms with E-state index in [-0.39, 0.29) is 89.3 Å². The fourth-order valence-electron chi connectivity index (χ4n) is 5.73. The molecule has 3 aliphatic rings. The first-order valence-corrected chi connectivity index (χ1v) is 15.5. The summed E-state index contributed by atoms with van der Waals surface area (Å²) in [5.41, 5.74) is -2.25. The SMILES string of the molecule is [C-]#[N+]/C(C)=C1/N=c2ccc(-c3nc(/C([N+]#[C-])=C4\N=c5c(C#N)c(C#N)c(C#N)c([N+]#[C-])c5=N4)nc(-c4ccc5c(c4C#N)=N/C(=C(\C#N)[N+]#[C-])N=5)n3)c(C#N)c2=N1. The van der Waals surface area contributed by atoms with Gasteiger partial charge in [0, 0.05) is 11.1 Å². The monoisotopic (exact) mass is 729 g/mol. The molecule has 7 rings (SSSR count). The number of aromatic nitrogens is 3. The largest absolute Gasteiger partial charge is 0.305 e. The Morgan fingerprint density at radius 1 is 0.526 bits per heavy atom. The fourth-order valence-corrected chi connectivity index (χ4v) is 5.73. The zero-order valence-electron chi connectivity index (χ0n) is 28.3. The molecule has 0 amide bonds. The van der Waals surface area contributed by atoms with Crippen LogP contribution >= 0.6 is 0 Å². The molecule has 254 valence electrons. The maximum atomic E-state index is 10.4. The van der Waals surface area contributed by atoms with E-state index in [1.54, 1.807) is 18.2 Å². The van der Waals surface area contributed by atoms with Crippen LogP contribution in [0.15, 0.2) is 83.1 Å². The molecule has 57 heavy (non-hydrogen) atoms. The number of allylic oxidation sites excluding steroid dienone is 2. The van der Waals surface area contributed by atoms with E-state index in [0.717, 1.165) is 0 Å². The molecule has 0 aliphatic carbocycles. The molecule has 0 unspecified atom stereocenters. The van der Waals surface area contributed by atoms with Crippen molar-refractivity contribution in [2.75, 3.05) is 0 Å². The average Bonchev–Trinajstić information content (AvgIpc) is 3.99. The average molecular weight is 730 g/mol. The topological polar surface area (TPSA) is 273 Å². The second-order valence-electron chi connectivity index (χ2n) is 11.2. The molecule has 4 heterocycles.